The van der Waals surface area contributed by atoms with Crippen LogP contribution in [0.15, 0.2) is 24.3 Å². The van der Waals surface area contributed by atoms with Gasteiger partial charge in [0.2, 0.25) is 11.8 Å². The highest BCUT2D eigenvalue weighted by atomic mass is 32.2. The number of aryl methyl sites for hydroxylation is 1. The van der Waals surface area contributed by atoms with E-state index in [1.165, 1.54) is 5.56 Å². The molecule has 1 heterocycles. The van der Waals surface area contributed by atoms with Gasteiger partial charge in [-0.05, 0) is 30.9 Å². The molecule has 0 radical (unpaired) electrons. The fourth-order valence-electron chi connectivity index (χ4n) is 2.88. The lowest BCUT2D eigenvalue weighted by Crippen LogP contribution is -2.49. The third-order valence-corrected chi connectivity index (χ3v) is 5.65. The summed E-state index contributed by atoms with van der Waals surface area (Å²) in [6, 6.07) is 7.73. The molecule has 1 aromatic rings. The third kappa shape index (κ3) is 3.14. The topological polar surface area (TPSA) is 49.4 Å². The summed E-state index contributed by atoms with van der Waals surface area (Å²) >= 11 is 1.67. The predicted molar refractivity (Wildman–Crippen MR) is 88.3 cm³/mol. The lowest BCUT2D eigenvalue weighted by atomic mass is 9.84. The summed E-state index contributed by atoms with van der Waals surface area (Å²) in [7, 11) is 0. The first-order chi connectivity index (χ1) is 10.7. The maximum absolute atomic E-state index is 12.5. The van der Waals surface area contributed by atoms with E-state index in [1.807, 2.05) is 31.2 Å². The van der Waals surface area contributed by atoms with Crippen molar-refractivity contribution >= 4 is 23.6 Å². The molecule has 22 heavy (non-hydrogen) atoms. The molecule has 118 valence electrons. The number of benzene rings is 1. The Morgan fingerprint density at radius 2 is 2.09 bits per heavy atom. The van der Waals surface area contributed by atoms with E-state index >= 15 is 0 Å². The Bertz CT molecular complexity index is 572. The van der Waals surface area contributed by atoms with Gasteiger partial charge in [0.25, 0.3) is 0 Å². The Morgan fingerprint density at radius 3 is 2.77 bits per heavy atom. The van der Waals surface area contributed by atoms with Crippen LogP contribution in [0.3, 0.4) is 0 Å². The van der Waals surface area contributed by atoms with Gasteiger partial charge in [0.15, 0.2) is 0 Å². The molecule has 2 fully saturated rings. The Kier molecular flexibility index (Phi) is 4.71. The second-order valence-corrected chi connectivity index (χ2v) is 7.10. The minimum atomic E-state index is -0.304. The van der Waals surface area contributed by atoms with E-state index in [0.717, 1.165) is 24.8 Å². The van der Waals surface area contributed by atoms with Gasteiger partial charge in [0, 0.05) is 18.2 Å². The number of hydrogen-bond acceptors (Lipinski definition) is 3. The van der Waals surface area contributed by atoms with Crippen molar-refractivity contribution in [2.45, 2.75) is 38.8 Å². The van der Waals surface area contributed by atoms with Gasteiger partial charge >= 0.3 is 0 Å². The van der Waals surface area contributed by atoms with Gasteiger partial charge in [0.1, 0.15) is 6.04 Å². The van der Waals surface area contributed by atoms with Crippen LogP contribution in [0.25, 0.3) is 0 Å². The summed E-state index contributed by atoms with van der Waals surface area (Å²) in [6.45, 7) is 2.57. The Morgan fingerprint density at radius 1 is 1.32 bits per heavy atom. The van der Waals surface area contributed by atoms with Gasteiger partial charge in [-0.15, -0.1) is 11.8 Å². The zero-order chi connectivity index (χ0) is 15.5. The molecule has 5 heteroatoms. The summed E-state index contributed by atoms with van der Waals surface area (Å²) in [5.74, 6) is 1.66. The van der Waals surface area contributed by atoms with Gasteiger partial charge in [-0.3, -0.25) is 9.59 Å². The predicted octanol–water partition coefficient (Wildman–Crippen LogP) is 2.31. The number of nitrogens with one attached hydrogen (secondary N) is 1. The second-order valence-electron chi connectivity index (χ2n) is 6.10. The van der Waals surface area contributed by atoms with Crippen LogP contribution in [0.4, 0.5) is 0 Å². The molecule has 1 unspecified atom stereocenters. The molecule has 4 nitrogen and oxygen atoms in total. The fourth-order valence-corrected chi connectivity index (χ4v) is 4.04. The molecule has 1 aromatic carbocycles. The van der Waals surface area contributed by atoms with Crippen molar-refractivity contribution in [2.75, 3.05) is 11.6 Å². The van der Waals surface area contributed by atoms with Crippen molar-refractivity contribution in [1.29, 1.82) is 0 Å². The van der Waals surface area contributed by atoms with Crippen molar-refractivity contribution in [1.82, 2.24) is 10.2 Å². The second kappa shape index (κ2) is 6.73. The lowest BCUT2D eigenvalue weighted by Gasteiger charge is -2.31. The van der Waals surface area contributed by atoms with Crippen LogP contribution in [0.5, 0.6) is 0 Å². The van der Waals surface area contributed by atoms with Crippen LogP contribution in [-0.4, -0.2) is 34.4 Å². The maximum Gasteiger partial charge on any atom is 0.243 e. The molecule has 1 aliphatic heterocycles. The van der Waals surface area contributed by atoms with E-state index in [9.17, 15) is 9.59 Å². The minimum Gasteiger partial charge on any atom is -0.350 e. The van der Waals surface area contributed by atoms with Gasteiger partial charge in [0.05, 0.1) is 5.88 Å². The van der Waals surface area contributed by atoms with E-state index in [1.54, 1.807) is 16.7 Å². The van der Waals surface area contributed by atoms with Crippen LogP contribution < -0.4 is 5.32 Å². The third-order valence-electron chi connectivity index (χ3n) is 4.64. The smallest absolute Gasteiger partial charge is 0.243 e. The van der Waals surface area contributed by atoms with E-state index in [-0.39, 0.29) is 23.8 Å². The van der Waals surface area contributed by atoms with E-state index in [0.29, 0.717) is 18.2 Å². The molecule has 2 aliphatic rings. The molecule has 0 aromatic heterocycles. The lowest BCUT2D eigenvalue weighted by molar-refractivity contribution is -0.143. The van der Waals surface area contributed by atoms with Crippen LogP contribution in [0, 0.1) is 12.8 Å². The zero-order valence-corrected chi connectivity index (χ0v) is 13.7. The Hall–Kier alpha value is -1.49. The number of thioether (sulfide) groups is 1. The first-order valence-electron chi connectivity index (χ1n) is 7.87. The highest BCUT2D eigenvalue weighted by Gasteiger charge is 2.39. The molecule has 2 amide bonds. The van der Waals surface area contributed by atoms with E-state index in [4.69, 9.17) is 0 Å². The van der Waals surface area contributed by atoms with Crippen LogP contribution >= 0.6 is 11.8 Å². The standard InChI is InChI=1S/C17H22N2O2S/c1-12-5-2-3-6-14(12)9-18-16(20)15-10-22-11-19(15)17(21)13-7-4-8-13/h2-3,5-6,13,15H,4,7-11H2,1H3,(H,18,20). The van der Waals surface area contributed by atoms with Gasteiger partial charge in [-0.1, -0.05) is 30.7 Å². The van der Waals surface area contributed by atoms with Gasteiger partial charge in [-0.25, -0.2) is 0 Å². The van der Waals surface area contributed by atoms with Crippen molar-refractivity contribution in [3.8, 4) is 0 Å². The number of hydrogen-bond donors (Lipinski definition) is 1. The maximum atomic E-state index is 12.5. The molecule has 0 spiro atoms. The van der Waals surface area contributed by atoms with Gasteiger partial charge in [-0.2, -0.15) is 0 Å². The summed E-state index contributed by atoms with van der Waals surface area (Å²) in [5.41, 5.74) is 2.30. The number of carbonyl (C=O) groups excluding carboxylic acids is 2. The molecular weight excluding hydrogens is 296 g/mol. The highest BCUT2D eigenvalue weighted by molar-refractivity contribution is 7.99. The monoisotopic (exact) mass is 318 g/mol. The normalized spacial score (nSPS) is 21.5. The Balaban J connectivity index is 1.59. The largest absolute Gasteiger partial charge is 0.350 e. The molecule has 1 atom stereocenters. The molecule has 1 N–H and O–H groups in total. The van der Waals surface area contributed by atoms with Crippen molar-refractivity contribution in [2.24, 2.45) is 5.92 Å². The summed E-state index contributed by atoms with van der Waals surface area (Å²) in [4.78, 5) is 26.6. The number of nitrogens with zero attached hydrogens (tertiary/aromatic N) is 1. The summed E-state index contributed by atoms with van der Waals surface area (Å²) < 4.78 is 0. The van der Waals surface area contributed by atoms with E-state index in [2.05, 4.69) is 5.32 Å². The number of rotatable bonds is 4. The van der Waals surface area contributed by atoms with Crippen molar-refractivity contribution in [3.05, 3.63) is 35.4 Å². The van der Waals surface area contributed by atoms with Crippen molar-refractivity contribution in [3.63, 3.8) is 0 Å². The van der Waals surface area contributed by atoms with Gasteiger partial charge < -0.3 is 10.2 Å². The SMILES string of the molecule is Cc1ccccc1CNC(=O)C1CSCN1C(=O)C1CCC1. The van der Waals surface area contributed by atoms with Crippen LogP contribution in [-0.2, 0) is 16.1 Å². The Labute approximate surface area is 135 Å². The minimum absolute atomic E-state index is 0.0269. The number of amides is 2. The quantitative estimate of drug-likeness (QED) is 0.927. The first kappa shape index (κ1) is 15.4. The molecule has 1 saturated heterocycles. The van der Waals surface area contributed by atoms with Crippen LogP contribution in [0.1, 0.15) is 30.4 Å². The average molecular weight is 318 g/mol. The molecule has 0 bridgehead atoms. The average Bonchev–Trinajstić information content (AvgIpc) is 2.93. The zero-order valence-electron chi connectivity index (χ0n) is 12.9. The first-order valence-corrected chi connectivity index (χ1v) is 9.02. The molecule has 1 aliphatic carbocycles. The number of carbonyl (C=O) groups is 2. The molecular formula is C17H22N2O2S. The summed E-state index contributed by atoms with van der Waals surface area (Å²) in [6.07, 6.45) is 3.11. The summed E-state index contributed by atoms with van der Waals surface area (Å²) in [5, 5.41) is 3.00. The molecule has 1 saturated carbocycles. The molecule has 3 rings (SSSR count). The van der Waals surface area contributed by atoms with Crippen molar-refractivity contribution < 1.29 is 9.59 Å². The highest BCUT2D eigenvalue weighted by Crippen LogP contribution is 2.32. The van der Waals surface area contributed by atoms with Crippen LogP contribution in [0.2, 0.25) is 0 Å². The fraction of sp³-hybridized carbons (Fsp3) is 0.529. The van der Waals surface area contributed by atoms with E-state index < -0.39 is 0 Å².